The molecule has 1 aromatic rings. The summed E-state index contributed by atoms with van der Waals surface area (Å²) in [4.78, 5) is 31.0. The fourth-order valence-electron chi connectivity index (χ4n) is 2.65. The van der Waals surface area contributed by atoms with E-state index in [0.29, 0.717) is 19.5 Å². The number of urea groups is 1. The number of carboxylic acid groups (broad SMARTS) is 1. The highest BCUT2D eigenvalue weighted by atomic mass is 16.4. The van der Waals surface area contributed by atoms with Crippen molar-refractivity contribution in [3.8, 4) is 0 Å². The fraction of sp³-hybridized carbons (Fsp3) is 0.533. The van der Waals surface area contributed by atoms with Gasteiger partial charge in [0.2, 0.25) is 0 Å². The van der Waals surface area contributed by atoms with Gasteiger partial charge < -0.3 is 14.9 Å². The molecule has 1 unspecified atom stereocenters. The van der Waals surface area contributed by atoms with Crippen LogP contribution in [0.1, 0.15) is 25.3 Å². The first-order valence-corrected chi connectivity index (χ1v) is 7.05. The number of pyridine rings is 1. The Hall–Kier alpha value is -2.11. The fourth-order valence-corrected chi connectivity index (χ4v) is 2.65. The van der Waals surface area contributed by atoms with Gasteiger partial charge in [-0.05, 0) is 37.5 Å². The Bertz CT molecular complexity index is 520. The minimum Gasteiger partial charge on any atom is -0.481 e. The number of likely N-dealkylation sites (tertiary alicyclic amines) is 1. The SMILES string of the molecule is CN(Cc1ccncc1)C(=O)N1CCCC(C)(C(=O)O)C1. The summed E-state index contributed by atoms with van der Waals surface area (Å²) >= 11 is 0. The van der Waals surface area contributed by atoms with Crippen LogP contribution in [0.4, 0.5) is 4.79 Å². The highest BCUT2D eigenvalue weighted by Crippen LogP contribution is 2.30. The topological polar surface area (TPSA) is 73.7 Å². The second-order valence-electron chi connectivity index (χ2n) is 5.89. The summed E-state index contributed by atoms with van der Waals surface area (Å²) in [6.07, 6.45) is 4.71. The molecule has 6 heteroatoms. The van der Waals surface area contributed by atoms with Gasteiger partial charge in [0.05, 0.1) is 5.41 Å². The van der Waals surface area contributed by atoms with Crippen molar-refractivity contribution in [2.24, 2.45) is 5.41 Å². The van der Waals surface area contributed by atoms with Crippen LogP contribution >= 0.6 is 0 Å². The van der Waals surface area contributed by atoms with Crippen LogP contribution in [0.15, 0.2) is 24.5 Å². The van der Waals surface area contributed by atoms with Gasteiger partial charge in [0.25, 0.3) is 0 Å². The first-order chi connectivity index (χ1) is 9.92. The van der Waals surface area contributed by atoms with Crippen molar-refractivity contribution in [2.45, 2.75) is 26.3 Å². The number of aromatic nitrogens is 1. The normalized spacial score (nSPS) is 21.9. The van der Waals surface area contributed by atoms with Gasteiger partial charge >= 0.3 is 12.0 Å². The molecule has 2 amide bonds. The number of amides is 2. The van der Waals surface area contributed by atoms with E-state index in [1.807, 2.05) is 12.1 Å². The molecular formula is C15H21N3O3. The number of carboxylic acids is 1. The van der Waals surface area contributed by atoms with E-state index in [0.717, 1.165) is 12.0 Å². The number of carbonyl (C=O) groups is 2. The van der Waals surface area contributed by atoms with Crippen LogP contribution in [0.5, 0.6) is 0 Å². The van der Waals surface area contributed by atoms with Crippen molar-refractivity contribution < 1.29 is 14.7 Å². The monoisotopic (exact) mass is 291 g/mol. The molecule has 0 radical (unpaired) electrons. The minimum absolute atomic E-state index is 0.126. The molecule has 21 heavy (non-hydrogen) atoms. The van der Waals surface area contributed by atoms with Crippen LogP contribution in [0.25, 0.3) is 0 Å². The molecule has 1 saturated heterocycles. The number of nitrogens with zero attached hydrogens (tertiary/aromatic N) is 3. The molecule has 2 rings (SSSR count). The van der Waals surface area contributed by atoms with Crippen LogP contribution in [0.2, 0.25) is 0 Å². The summed E-state index contributed by atoms with van der Waals surface area (Å²) in [5.41, 5.74) is 0.157. The Balaban J connectivity index is 2.00. The van der Waals surface area contributed by atoms with Crippen molar-refractivity contribution in [2.75, 3.05) is 20.1 Å². The Labute approximate surface area is 124 Å². The summed E-state index contributed by atoms with van der Waals surface area (Å²) in [6, 6.07) is 3.60. The van der Waals surface area contributed by atoms with Crippen molar-refractivity contribution in [3.05, 3.63) is 30.1 Å². The Morgan fingerprint density at radius 1 is 1.43 bits per heavy atom. The average Bonchev–Trinajstić information content (AvgIpc) is 2.47. The van der Waals surface area contributed by atoms with E-state index in [1.165, 1.54) is 0 Å². The Morgan fingerprint density at radius 3 is 2.71 bits per heavy atom. The van der Waals surface area contributed by atoms with Crippen molar-refractivity contribution in [1.29, 1.82) is 0 Å². The summed E-state index contributed by atoms with van der Waals surface area (Å²) in [5, 5.41) is 9.31. The first-order valence-electron chi connectivity index (χ1n) is 7.05. The van der Waals surface area contributed by atoms with Gasteiger partial charge in [0.15, 0.2) is 0 Å². The highest BCUT2D eigenvalue weighted by molar-refractivity contribution is 5.78. The Morgan fingerprint density at radius 2 is 2.10 bits per heavy atom. The van der Waals surface area contributed by atoms with Gasteiger partial charge in [-0.1, -0.05) is 0 Å². The highest BCUT2D eigenvalue weighted by Gasteiger charge is 2.39. The number of hydrogen-bond acceptors (Lipinski definition) is 3. The largest absolute Gasteiger partial charge is 0.481 e. The van der Waals surface area contributed by atoms with E-state index in [4.69, 9.17) is 0 Å². The molecule has 1 atom stereocenters. The van der Waals surface area contributed by atoms with E-state index in [9.17, 15) is 14.7 Å². The molecule has 6 nitrogen and oxygen atoms in total. The van der Waals surface area contributed by atoms with Crippen molar-refractivity contribution in [1.82, 2.24) is 14.8 Å². The molecule has 0 bridgehead atoms. The zero-order valence-corrected chi connectivity index (χ0v) is 12.5. The Kier molecular flexibility index (Phi) is 4.45. The molecular weight excluding hydrogens is 270 g/mol. The zero-order chi connectivity index (χ0) is 15.5. The lowest BCUT2D eigenvalue weighted by Crippen LogP contribution is -2.51. The van der Waals surface area contributed by atoms with Gasteiger partial charge in [-0.3, -0.25) is 9.78 Å². The van der Waals surface area contributed by atoms with Crippen LogP contribution in [-0.4, -0.2) is 52.0 Å². The predicted molar refractivity (Wildman–Crippen MR) is 77.6 cm³/mol. The molecule has 0 aromatic carbocycles. The number of piperidine rings is 1. The molecule has 0 aliphatic carbocycles. The molecule has 1 aliphatic heterocycles. The quantitative estimate of drug-likeness (QED) is 0.922. The number of aliphatic carboxylic acids is 1. The van der Waals surface area contributed by atoms with E-state index < -0.39 is 11.4 Å². The molecule has 0 spiro atoms. The molecule has 1 aromatic heterocycles. The average molecular weight is 291 g/mol. The van der Waals surface area contributed by atoms with Crippen molar-refractivity contribution in [3.63, 3.8) is 0 Å². The van der Waals surface area contributed by atoms with E-state index >= 15 is 0 Å². The number of carbonyl (C=O) groups excluding carboxylic acids is 1. The molecule has 114 valence electrons. The summed E-state index contributed by atoms with van der Waals surface area (Å²) in [7, 11) is 1.73. The van der Waals surface area contributed by atoms with Crippen LogP contribution in [0, 0.1) is 5.41 Å². The lowest BCUT2D eigenvalue weighted by atomic mass is 9.82. The summed E-state index contributed by atoms with van der Waals surface area (Å²) in [6.45, 7) is 3.07. The van der Waals surface area contributed by atoms with E-state index in [2.05, 4.69) is 4.98 Å². The van der Waals surface area contributed by atoms with Crippen LogP contribution in [-0.2, 0) is 11.3 Å². The number of hydrogen-bond donors (Lipinski definition) is 1. The second-order valence-corrected chi connectivity index (χ2v) is 5.89. The van der Waals surface area contributed by atoms with Gasteiger partial charge in [0, 0.05) is 39.1 Å². The molecule has 1 fully saturated rings. The zero-order valence-electron chi connectivity index (χ0n) is 12.5. The smallest absolute Gasteiger partial charge is 0.320 e. The third-order valence-corrected chi connectivity index (χ3v) is 3.98. The van der Waals surface area contributed by atoms with Crippen molar-refractivity contribution >= 4 is 12.0 Å². The maximum Gasteiger partial charge on any atom is 0.320 e. The second kappa shape index (κ2) is 6.11. The lowest BCUT2D eigenvalue weighted by molar-refractivity contribution is -0.150. The molecule has 0 saturated carbocycles. The maximum absolute atomic E-state index is 12.5. The minimum atomic E-state index is -0.842. The molecule has 1 aliphatic rings. The van der Waals surface area contributed by atoms with Gasteiger partial charge in [-0.2, -0.15) is 0 Å². The van der Waals surface area contributed by atoms with Crippen LogP contribution < -0.4 is 0 Å². The van der Waals surface area contributed by atoms with Gasteiger partial charge in [0.1, 0.15) is 0 Å². The standard InChI is InChI=1S/C15H21N3O3/c1-15(13(19)20)6-3-9-18(11-15)14(21)17(2)10-12-4-7-16-8-5-12/h4-5,7-8H,3,6,9-11H2,1-2H3,(H,19,20). The maximum atomic E-state index is 12.5. The lowest BCUT2D eigenvalue weighted by Gasteiger charge is -2.39. The predicted octanol–water partition coefficient (Wildman–Crippen LogP) is 1.82. The van der Waals surface area contributed by atoms with Gasteiger partial charge in [-0.15, -0.1) is 0 Å². The van der Waals surface area contributed by atoms with Gasteiger partial charge in [-0.25, -0.2) is 4.79 Å². The summed E-state index contributed by atoms with van der Waals surface area (Å²) in [5.74, 6) is -0.836. The third kappa shape index (κ3) is 3.51. The third-order valence-electron chi connectivity index (χ3n) is 3.98. The summed E-state index contributed by atoms with van der Waals surface area (Å²) < 4.78 is 0. The molecule has 2 heterocycles. The number of rotatable bonds is 3. The van der Waals surface area contributed by atoms with E-state index in [-0.39, 0.29) is 12.6 Å². The first kappa shape index (κ1) is 15.3. The molecule has 1 N–H and O–H groups in total. The van der Waals surface area contributed by atoms with E-state index in [1.54, 1.807) is 36.2 Å². The van der Waals surface area contributed by atoms with Crippen LogP contribution in [0.3, 0.4) is 0 Å².